The second-order valence-electron chi connectivity index (χ2n) is 11.5. The van der Waals surface area contributed by atoms with Gasteiger partial charge in [-0.1, -0.05) is 89.4 Å². The number of amides is 2. The number of nitrogens with one attached hydrogen (secondary N) is 1. The van der Waals surface area contributed by atoms with Crippen LogP contribution in [0.1, 0.15) is 31.9 Å². The van der Waals surface area contributed by atoms with Gasteiger partial charge in [-0.25, -0.2) is 8.42 Å². The molecule has 1 unspecified atom stereocenters. The first-order valence-corrected chi connectivity index (χ1v) is 16.7. The van der Waals surface area contributed by atoms with E-state index in [9.17, 15) is 18.0 Å². The van der Waals surface area contributed by atoms with Gasteiger partial charge in [0.25, 0.3) is 10.0 Å². The Hall–Kier alpha value is -3.56. The fraction of sp³-hybridized carbons (Fsp3) is 0.235. The molecule has 0 aromatic heterocycles. The molecule has 0 aliphatic carbocycles. The van der Waals surface area contributed by atoms with Gasteiger partial charge >= 0.3 is 0 Å². The van der Waals surface area contributed by atoms with E-state index >= 15 is 0 Å². The summed E-state index contributed by atoms with van der Waals surface area (Å²) in [6.45, 7) is 4.87. The molecule has 4 aromatic rings. The lowest BCUT2D eigenvalue weighted by atomic mass is 10.0. The third-order valence-corrected chi connectivity index (χ3v) is 9.48. The van der Waals surface area contributed by atoms with Gasteiger partial charge in [0, 0.05) is 33.6 Å². The first-order chi connectivity index (χ1) is 21.2. The lowest BCUT2D eigenvalue weighted by Crippen LogP contribution is -2.56. The van der Waals surface area contributed by atoms with Crippen LogP contribution in [-0.4, -0.2) is 43.3 Å². The van der Waals surface area contributed by atoms with E-state index in [1.807, 2.05) is 51.1 Å². The Morgan fingerprint density at radius 2 is 1.38 bits per heavy atom. The molecule has 0 bridgehead atoms. The maximum atomic E-state index is 14.5. The molecule has 1 N–H and O–H groups in total. The number of rotatable bonds is 11. The quantitative estimate of drug-likeness (QED) is 0.178. The summed E-state index contributed by atoms with van der Waals surface area (Å²) in [4.78, 5) is 29.8. The third kappa shape index (κ3) is 9.23. The lowest BCUT2D eigenvalue weighted by molar-refractivity contribution is -0.140. The second kappa shape index (κ2) is 14.7. The van der Waals surface area contributed by atoms with Crippen LogP contribution in [0.5, 0.6) is 0 Å². The standard InChI is InChI=1S/C34H34Cl3N3O4S/c1-34(2,3)38-33(42)31(20-24-10-6-4-7-11-24)39(22-25-14-15-27(36)21-30(25)37)32(41)23-40(28-18-16-26(35)17-19-28)45(43,44)29-12-8-5-9-13-29/h4-19,21,31H,20,22-23H2,1-3H3,(H,38,42). The van der Waals surface area contributed by atoms with Crippen molar-refractivity contribution >= 4 is 62.3 Å². The molecule has 2 amide bonds. The maximum absolute atomic E-state index is 14.5. The average Bonchev–Trinajstić information content (AvgIpc) is 2.99. The lowest BCUT2D eigenvalue weighted by Gasteiger charge is -2.35. The highest BCUT2D eigenvalue weighted by Crippen LogP contribution is 2.28. The number of hydrogen-bond acceptors (Lipinski definition) is 4. The van der Waals surface area contributed by atoms with Gasteiger partial charge in [0.2, 0.25) is 11.8 Å². The van der Waals surface area contributed by atoms with Crippen LogP contribution in [0.3, 0.4) is 0 Å². The summed E-state index contributed by atoms with van der Waals surface area (Å²) >= 11 is 18.8. The van der Waals surface area contributed by atoms with Gasteiger partial charge in [-0.15, -0.1) is 0 Å². The van der Waals surface area contributed by atoms with Crippen molar-refractivity contribution in [1.29, 1.82) is 0 Å². The Morgan fingerprint density at radius 1 is 0.800 bits per heavy atom. The summed E-state index contributed by atoms with van der Waals surface area (Å²) in [5.41, 5.74) is 0.989. The molecule has 0 aliphatic heterocycles. The van der Waals surface area contributed by atoms with Crippen molar-refractivity contribution < 1.29 is 18.0 Å². The number of carbonyl (C=O) groups excluding carboxylic acids is 2. The fourth-order valence-electron chi connectivity index (χ4n) is 4.70. The van der Waals surface area contributed by atoms with Crippen molar-refractivity contribution in [2.24, 2.45) is 0 Å². The summed E-state index contributed by atoms with van der Waals surface area (Å²) in [5, 5.41) is 4.12. The minimum atomic E-state index is -4.22. The van der Waals surface area contributed by atoms with E-state index in [-0.39, 0.29) is 23.5 Å². The van der Waals surface area contributed by atoms with E-state index < -0.39 is 40.0 Å². The molecule has 1 atom stereocenters. The van der Waals surface area contributed by atoms with Crippen molar-refractivity contribution in [3.8, 4) is 0 Å². The zero-order valence-corrected chi connectivity index (χ0v) is 28.2. The van der Waals surface area contributed by atoms with E-state index in [1.54, 1.807) is 48.5 Å². The van der Waals surface area contributed by atoms with Crippen molar-refractivity contribution in [3.63, 3.8) is 0 Å². The summed E-state index contributed by atoms with van der Waals surface area (Å²) in [7, 11) is -4.22. The molecule has 4 aromatic carbocycles. The van der Waals surface area contributed by atoms with Crippen molar-refractivity contribution in [2.75, 3.05) is 10.8 Å². The summed E-state index contributed by atoms with van der Waals surface area (Å²) in [5.74, 6) is -1.01. The van der Waals surface area contributed by atoms with Crippen LogP contribution < -0.4 is 9.62 Å². The van der Waals surface area contributed by atoms with Crippen LogP contribution in [0.25, 0.3) is 0 Å². The summed E-state index contributed by atoms with van der Waals surface area (Å²) in [6, 6.07) is 27.2. The highest BCUT2D eigenvalue weighted by atomic mass is 35.5. The average molecular weight is 687 g/mol. The zero-order valence-electron chi connectivity index (χ0n) is 25.1. The topological polar surface area (TPSA) is 86.8 Å². The van der Waals surface area contributed by atoms with Crippen molar-refractivity contribution in [3.05, 3.63) is 129 Å². The molecule has 7 nitrogen and oxygen atoms in total. The predicted octanol–water partition coefficient (Wildman–Crippen LogP) is 7.40. The monoisotopic (exact) mass is 685 g/mol. The van der Waals surface area contributed by atoms with Gasteiger partial charge in [-0.2, -0.15) is 0 Å². The number of benzene rings is 4. The SMILES string of the molecule is CC(C)(C)NC(=O)C(Cc1ccccc1)N(Cc1ccc(Cl)cc1Cl)C(=O)CN(c1ccc(Cl)cc1)S(=O)(=O)c1ccccc1. The largest absolute Gasteiger partial charge is 0.350 e. The number of anilines is 1. The number of halogens is 3. The minimum absolute atomic E-state index is 0.00589. The van der Waals surface area contributed by atoms with Crippen LogP contribution in [0.2, 0.25) is 15.1 Å². The van der Waals surface area contributed by atoms with Crippen LogP contribution in [0, 0.1) is 0 Å². The van der Waals surface area contributed by atoms with Gasteiger partial charge in [-0.05, 0) is 80.4 Å². The number of nitrogens with zero attached hydrogens (tertiary/aromatic N) is 2. The van der Waals surface area contributed by atoms with E-state index in [2.05, 4.69) is 5.32 Å². The maximum Gasteiger partial charge on any atom is 0.264 e. The normalized spacial score (nSPS) is 12.3. The molecular weight excluding hydrogens is 653 g/mol. The Bertz CT molecular complexity index is 1730. The van der Waals surface area contributed by atoms with Gasteiger partial charge < -0.3 is 10.2 Å². The summed E-state index contributed by atoms with van der Waals surface area (Å²) < 4.78 is 29.1. The molecule has 236 valence electrons. The Labute approximate surface area is 279 Å². The van der Waals surface area contributed by atoms with E-state index in [0.29, 0.717) is 20.6 Å². The number of sulfonamides is 1. The highest BCUT2D eigenvalue weighted by molar-refractivity contribution is 7.92. The van der Waals surface area contributed by atoms with Gasteiger partial charge in [0.1, 0.15) is 12.6 Å². The van der Waals surface area contributed by atoms with Crippen LogP contribution in [0.4, 0.5) is 5.69 Å². The predicted molar refractivity (Wildman–Crippen MR) is 181 cm³/mol. The molecule has 0 fully saturated rings. The fourth-order valence-corrected chi connectivity index (χ4v) is 6.73. The smallest absolute Gasteiger partial charge is 0.264 e. The van der Waals surface area contributed by atoms with Crippen LogP contribution in [0.15, 0.2) is 108 Å². The summed E-state index contributed by atoms with van der Waals surface area (Å²) in [6.07, 6.45) is 0.173. The molecule has 0 saturated carbocycles. The van der Waals surface area contributed by atoms with Crippen molar-refractivity contribution in [2.45, 2.75) is 50.2 Å². The first-order valence-electron chi connectivity index (χ1n) is 14.2. The second-order valence-corrected chi connectivity index (χ2v) is 14.6. The molecular formula is C34H34Cl3N3O4S. The molecule has 0 saturated heterocycles. The van der Waals surface area contributed by atoms with Crippen molar-refractivity contribution in [1.82, 2.24) is 10.2 Å². The Morgan fingerprint density at radius 3 is 1.96 bits per heavy atom. The van der Waals surface area contributed by atoms with Gasteiger partial charge in [0.05, 0.1) is 10.6 Å². The number of carbonyl (C=O) groups is 2. The van der Waals surface area contributed by atoms with Gasteiger partial charge in [-0.3, -0.25) is 13.9 Å². The van der Waals surface area contributed by atoms with E-state index in [4.69, 9.17) is 34.8 Å². The molecule has 0 aliphatic rings. The molecule has 0 heterocycles. The highest BCUT2D eigenvalue weighted by Gasteiger charge is 2.36. The molecule has 0 spiro atoms. The zero-order chi connectivity index (χ0) is 32.8. The minimum Gasteiger partial charge on any atom is -0.350 e. The first kappa shape index (κ1) is 34.3. The Kier molecular flexibility index (Phi) is 11.2. The van der Waals surface area contributed by atoms with E-state index in [0.717, 1.165) is 9.87 Å². The third-order valence-electron chi connectivity index (χ3n) is 6.85. The molecule has 45 heavy (non-hydrogen) atoms. The van der Waals surface area contributed by atoms with Gasteiger partial charge in [0.15, 0.2) is 0 Å². The molecule has 0 radical (unpaired) electrons. The molecule has 4 rings (SSSR count). The van der Waals surface area contributed by atoms with Crippen LogP contribution in [-0.2, 0) is 32.6 Å². The Balaban J connectivity index is 1.83. The van der Waals surface area contributed by atoms with E-state index in [1.165, 1.54) is 29.2 Å². The van der Waals surface area contributed by atoms with Crippen LogP contribution >= 0.6 is 34.8 Å². The molecule has 11 heteroatoms. The number of hydrogen-bond donors (Lipinski definition) is 1.